The van der Waals surface area contributed by atoms with Gasteiger partial charge in [0.15, 0.2) is 17.5 Å². The van der Waals surface area contributed by atoms with Crippen LogP contribution >= 0.6 is 0 Å². The van der Waals surface area contributed by atoms with Crippen molar-refractivity contribution in [2.75, 3.05) is 18.4 Å². The minimum atomic E-state index is -0.634. The number of piperidine rings is 1. The number of nitrogens with one attached hydrogen (secondary N) is 1. The first-order valence-electron chi connectivity index (χ1n) is 11.4. The maximum absolute atomic E-state index is 15.0. The van der Waals surface area contributed by atoms with Gasteiger partial charge in [0.25, 0.3) is 5.91 Å². The molecule has 1 aliphatic rings. The number of anilines is 1. The summed E-state index contributed by atoms with van der Waals surface area (Å²) < 4.78 is 30.4. The van der Waals surface area contributed by atoms with Crippen molar-refractivity contribution in [3.05, 3.63) is 84.8 Å². The smallest absolute Gasteiger partial charge is 0.256 e. The monoisotopic (exact) mass is 488 g/mol. The van der Waals surface area contributed by atoms with Crippen LogP contribution in [0.25, 0.3) is 22.2 Å². The Balaban J connectivity index is 1.47. The van der Waals surface area contributed by atoms with Crippen molar-refractivity contribution in [2.45, 2.75) is 18.9 Å². The van der Waals surface area contributed by atoms with Crippen LogP contribution in [0.2, 0.25) is 0 Å². The van der Waals surface area contributed by atoms with Crippen LogP contribution in [0.15, 0.2) is 67.6 Å². The molecule has 3 aromatic heterocycles. The molecule has 0 aliphatic carbocycles. The normalized spacial score (nSPS) is 15.6. The van der Waals surface area contributed by atoms with Gasteiger partial charge in [0.05, 0.1) is 12.2 Å². The predicted molar refractivity (Wildman–Crippen MR) is 130 cm³/mol. The van der Waals surface area contributed by atoms with E-state index in [0.29, 0.717) is 40.8 Å². The van der Waals surface area contributed by atoms with Crippen molar-refractivity contribution in [2.24, 2.45) is 0 Å². The minimum absolute atomic E-state index is 0.158. The molecule has 182 valence electrons. The molecule has 1 N–H and O–H groups in total. The fourth-order valence-corrected chi connectivity index (χ4v) is 4.44. The average molecular weight is 488 g/mol. The maximum Gasteiger partial charge on any atom is 0.256 e. The number of nitrogens with zero attached hydrogens (tertiary/aromatic N) is 5. The Hall–Kier alpha value is -4.47. The fourth-order valence-electron chi connectivity index (χ4n) is 4.44. The van der Waals surface area contributed by atoms with Gasteiger partial charge in [-0.15, -0.1) is 0 Å². The van der Waals surface area contributed by atoms with E-state index < -0.39 is 17.5 Å². The van der Waals surface area contributed by atoms with E-state index in [-0.39, 0.29) is 17.8 Å². The van der Waals surface area contributed by atoms with Gasteiger partial charge in [-0.3, -0.25) is 19.3 Å². The summed E-state index contributed by atoms with van der Waals surface area (Å²) in [6.45, 7) is 4.57. The highest BCUT2D eigenvalue weighted by atomic mass is 19.1. The van der Waals surface area contributed by atoms with Crippen molar-refractivity contribution in [3.8, 4) is 11.3 Å². The molecule has 0 bridgehead atoms. The van der Waals surface area contributed by atoms with Gasteiger partial charge in [-0.1, -0.05) is 18.7 Å². The standard InChI is InChI=1S/C26H22F2N6O2/c1-2-22(35)33-12-4-5-18(15-33)34-24-19(13-29-14-21(24)28)23(32-34)16-7-9-17(10-8-16)26(36)31-25-20(27)6-3-11-30-25/h2-3,6-11,13-14,18H,1,4-5,12,15H2,(H,30,31,36)/t18-/m1/s1. The molecule has 5 rings (SSSR count). The molecule has 1 fully saturated rings. The number of halogens is 2. The van der Waals surface area contributed by atoms with Gasteiger partial charge >= 0.3 is 0 Å². The van der Waals surface area contributed by atoms with E-state index in [1.807, 2.05) is 0 Å². The molecule has 1 saturated heterocycles. The zero-order valence-electron chi connectivity index (χ0n) is 19.2. The number of aromatic nitrogens is 4. The highest BCUT2D eigenvalue weighted by Gasteiger charge is 2.28. The number of hydrogen-bond acceptors (Lipinski definition) is 5. The van der Waals surface area contributed by atoms with Gasteiger partial charge in [-0.05, 0) is 43.2 Å². The van der Waals surface area contributed by atoms with Gasteiger partial charge in [0.2, 0.25) is 5.91 Å². The summed E-state index contributed by atoms with van der Waals surface area (Å²) in [5.74, 6) is -1.99. The number of fused-ring (bicyclic) bond motifs is 1. The van der Waals surface area contributed by atoms with E-state index in [4.69, 9.17) is 5.10 Å². The molecule has 4 heterocycles. The summed E-state index contributed by atoms with van der Waals surface area (Å²) in [5, 5.41) is 7.70. The van der Waals surface area contributed by atoms with Crippen molar-refractivity contribution in [1.82, 2.24) is 24.6 Å². The largest absolute Gasteiger partial charge is 0.337 e. The first-order chi connectivity index (χ1) is 17.5. The average Bonchev–Trinajstić information content (AvgIpc) is 3.31. The lowest BCUT2D eigenvalue weighted by molar-refractivity contribution is -0.127. The lowest BCUT2D eigenvalue weighted by atomic mass is 10.0. The van der Waals surface area contributed by atoms with E-state index in [9.17, 15) is 18.4 Å². The fraction of sp³-hybridized carbons (Fsp3) is 0.192. The molecule has 1 aliphatic heterocycles. The summed E-state index contributed by atoms with van der Waals surface area (Å²) >= 11 is 0. The third kappa shape index (κ3) is 4.33. The molecule has 36 heavy (non-hydrogen) atoms. The second kappa shape index (κ2) is 9.65. The van der Waals surface area contributed by atoms with Crippen LogP contribution in [0.4, 0.5) is 14.6 Å². The summed E-state index contributed by atoms with van der Waals surface area (Å²) in [6, 6.07) is 8.96. The first kappa shape index (κ1) is 23.3. The van der Waals surface area contributed by atoms with E-state index in [2.05, 4.69) is 21.9 Å². The molecule has 0 radical (unpaired) electrons. The van der Waals surface area contributed by atoms with Crippen molar-refractivity contribution in [3.63, 3.8) is 0 Å². The Kier molecular flexibility index (Phi) is 6.24. The molecule has 1 atom stereocenters. The second-order valence-electron chi connectivity index (χ2n) is 8.46. The summed E-state index contributed by atoms with van der Waals surface area (Å²) in [7, 11) is 0. The molecule has 10 heteroatoms. The van der Waals surface area contributed by atoms with Gasteiger partial charge in [0, 0.05) is 42.0 Å². The van der Waals surface area contributed by atoms with E-state index in [0.717, 1.165) is 19.0 Å². The molecular weight excluding hydrogens is 466 g/mol. The zero-order valence-corrected chi connectivity index (χ0v) is 19.2. The van der Waals surface area contributed by atoms with Crippen LogP contribution in [-0.4, -0.2) is 49.6 Å². The molecular formula is C26H22F2N6O2. The van der Waals surface area contributed by atoms with Crippen LogP contribution in [-0.2, 0) is 4.79 Å². The first-order valence-corrected chi connectivity index (χ1v) is 11.4. The molecule has 0 saturated carbocycles. The third-order valence-corrected chi connectivity index (χ3v) is 6.20. The summed E-state index contributed by atoms with van der Waals surface area (Å²) in [6.07, 6.45) is 6.85. The molecule has 0 unspecified atom stereocenters. The summed E-state index contributed by atoms with van der Waals surface area (Å²) in [4.78, 5) is 34.2. The SMILES string of the molecule is C=CC(=O)N1CCC[C@@H](n2nc(-c3ccc(C(=O)Nc4ncccc4F)cc3)c3cncc(F)c32)C1. The number of hydrogen-bond donors (Lipinski definition) is 1. The van der Waals surface area contributed by atoms with Crippen molar-refractivity contribution >= 4 is 28.5 Å². The Morgan fingerprint density at radius 1 is 1.11 bits per heavy atom. The number of likely N-dealkylation sites (tertiary alicyclic amines) is 1. The predicted octanol–water partition coefficient (Wildman–Crippen LogP) is 4.37. The van der Waals surface area contributed by atoms with Crippen LogP contribution in [0.5, 0.6) is 0 Å². The third-order valence-electron chi connectivity index (χ3n) is 6.20. The number of carbonyl (C=O) groups is 2. The zero-order chi connectivity index (χ0) is 25.2. The maximum atomic E-state index is 15.0. The van der Waals surface area contributed by atoms with Crippen LogP contribution in [0.1, 0.15) is 29.2 Å². The minimum Gasteiger partial charge on any atom is -0.337 e. The van der Waals surface area contributed by atoms with Gasteiger partial charge in [-0.25, -0.2) is 13.8 Å². The number of rotatable bonds is 5. The van der Waals surface area contributed by atoms with Gasteiger partial charge in [0.1, 0.15) is 11.2 Å². The van der Waals surface area contributed by atoms with E-state index in [1.54, 1.807) is 40.0 Å². The number of pyridine rings is 2. The van der Waals surface area contributed by atoms with Crippen molar-refractivity contribution < 1.29 is 18.4 Å². The number of amides is 2. The van der Waals surface area contributed by atoms with Crippen molar-refractivity contribution in [1.29, 1.82) is 0 Å². The Bertz CT molecular complexity index is 1470. The lowest BCUT2D eigenvalue weighted by Gasteiger charge is -2.32. The second-order valence-corrected chi connectivity index (χ2v) is 8.46. The molecule has 0 spiro atoms. The quantitative estimate of drug-likeness (QED) is 0.421. The molecule has 1 aromatic carbocycles. The molecule has 4 aromatic rings. The number of carbonyl (C=O) groups excluding carboxylic acids is 2. The topological polar surface area (TPSA) is 93.0 Å². The lowest BCUT2D eigenvalue weighted by Crippen LogP contribution is -2.40. The van der Waals surface area contributed by atoms with Gasteiger partial charge in [-0.2, -0.15) is 5.10 Å². The van der Waals surface area contributed by atoms with Crippen LogP contribution < -0.4 is 5.32 Å². The van der Waals surface area contributed by atoms with E-state index >= 15 is 0 Å². The molecule has 8 nitrogen and oxygen atoms in total. The molecule has 2 amide bonds. The Morgan fingerprint density at radius 3 is 2.67 bits per heavy atom. The Morgan fingerprint density at radius 2 is 1.92 bits per heavy atom. The highest BCUT2D eigenvalue weighted by Crippen LogP contribution is 2.33. The highest BCUT2D eigenvalue weighted by molar-refractivity contribution is 6.04. The van der Waals surface area contributed by atoms with Crippen LogP contribution in [0.3, 0.4) is 0 Å². The number of benzene rings is 1. The van der Waals surface area contributed by atoms with Gasteiger partial charge < -0.3 is 10.2 Å². The Labute approximate surface area is 205 Å². The van der Waals surface area contributed by atoms with E-state index in [1.165, 1.54) is 24.4 Å². The summed E-state index contributed by atoms with van der Waals surface area (Å²) in [5.41, 5.74) is 1.77. The van der Waals surface area contributed by atoms with Crippen LogP contribution in [0, 0.1) is 11.6 Å².